The molecule has 2 heterocycles. The van der Waals surface area contributed by atoms with E-state index in [2.05, 4.69) is 21.8 Å². The van der Waals surface area contributed by atoms with Gasteiger partial charge in [0.2, 0.25) is 5.60 Å². The molecule has 0 N–H and O–H groups in total. The largest absolute Gasteiger partial charge is 0.461 e. The minimum atomic E-state index is -1.22. The number of likely N-dealkylation sites (tertiary alicyclic amines) is 1. The van der Waals surface area contributed by atoms with Gasteiger partial charge in [-0.1, -0.05) is 24.0 Å². The van der Waals surface area contributed by atoms with Gasteiger partial charge in [0, 0.05) is 43.8 Å². The summed E-state index contributed by atoms with van der Waals surface area (Å²) < 4.78 is 38.9. The van der Waals surface area contributed by atoms with Crippen molar-refractivity contribution in [3.8, 4) is 34.5 Å². The second-order valence-corrected chi connectivity index (χ2v) is 8.15. The minimum Gasteiger partial charge on any atom is -0.461 e. The first-order valence-corrected chi connectivity index (χ1v) is 11.2. The van der Waals surface area contributed by atoms with Gasteiger partial charge >= 0.3 is 5.97 Å². The molecule has 1 saturated heterocycles. The molecule has 0 unspecified atom stereocenters. The van der Waals surface area contributed by atoms with Crippen molar-refractivity contribution in [3.63, 3.8) is 0 Å². The Morgan fingerprint density at radius 2 is 1.97 bits per heavy atom. The quantitative estimate of drug-likeness (QED) is 0.398. The van der Waals surface area contributed by atoms with E-state index in [0.717, 1.165) is 18.2 Å². The van der Waals surface area contributed by atoms with Crippen LogP contribution in [0.15, 0.2) is 48.5 Å². The number of hydrogen-bond acceptors (Lipinski definition) is 6. The summed E-state index contributed by atoms with van der Waals surface area (Å²) in [6.45, 7) is 2.30. The highest BCUT2D eigenvalue weighted by molar-refractivity contribution is 5.91. The SMILES string of the molecule is CCOC(=O)c1cc(-c2cc(F)ccc2F)nc(-c2cccc(C#C[C@]3(OC)CCN(C)C3=O)c2)n1. The first-order valence-electron chi connectivity index (χ1n) is 11.2. The smallest absolute Gasteiger partial charge is 0.357 e. The van der Waals surface area contributed by atoms with Gasteiger partial charge in [0.1, 0.15) is 11.6 Å². The number of ether oxygens (including phenoxy) is 2. The zero-order valence-electron chi connectivity index (χ0n) is 20.0. The molecule has 0 spiro atoms. The number of methoxy groups -OCH3 is 1. The van der Waals surface area contributed by atoms with Crippen LogP contribution in [-0.2, 0) is 14.3 Å². The molecule has 184 valence electrons. The third kappa shape index (κ3) is 4.95. The Hall–Kier alpha value is -4.16. The third-order valence-electron chi connectivity index (χ3n) is 5.78. The fourth-order valence-corrected chi connectivity index (χ4v) is 3.83. The Bertz CT molecular complexity index is 1400. The van der Waals surface area contributed by atoms with Gasteiger partial charge in [0.15, 0.2) is 11.5 Å². The van der Waals surface area contributed by atoms with Crippen molar-refractivity contribution in [2.75, 3.05) is 27.3 Å². The number of likely N-dealkylation sites (N-methyl/N-ethyl adjacent to an activating group) is 1. The highest BCUT2D eigenvalue weighted by atomic mass is 19.1. The molecule has 1 fully saturated rings. The zero-order chi connectivity index (χ0) is 25.9. The van der Waals surface area contributed by atoms with Crippen LogP contribution in [0.4, 0.5) is 8.78 Å². The second-order valence-electron chi connectivity index (χ2n) is 8.15. The average molecular weight is 491 g/mol. The lowest BCUT2D eigenvalue weighted by Gasteiger charge is -2.18. The van der Waals surface area contributed by atoms with Crippen molar-refractivity contribution in [2.45, 2.75) is 18.9 Å². The molecule has 7 nitrogen and oxygen atoms in total. The van der Waals surface area contributed by atoms with Gasteiger partial charge in [0.25, 0.3) is 5.91 Å². The lowest BCUT2D eigenvalue weighted by Crippen LogP contribution is -2.39. The van der Waals surface area contributed by atoms with Crippen LogP contribution >= 0.6 is 0 Å². The molecule has 2 aromatic carbocycles. The Labute approximate surface area is 207 Å². The van der Waals surface area contributed by atoms with E-state index >= 15 is 0 Å². The van der Waals surface area contributed by atoms with Crippen LogP contribution in [0.25, 0.3) is 22.6 Å². The molecule has 1 amide bonds. The predicted molar refractivity (Wildman–Crippen MR) is 128 cm³/mol. The summed E-state index contributed by atoms with van der Waals surface area (Å²) >= 11 is 0. The molecule has 1 aliphatic rings. The normalized spacial score (nSPS) is 17.0. The van der Waals surface area contributed by atoms with E-state index in [0.29, 0.717) is 24.1 Å². The Balaban J connectivity index is 1.78. The number of carbonyl (C=O) groups excluding carboxylic acids is 2. The Morgan fingerprint density at radius 3 is 2.67 bits per heavy atom. The number of rotatable bonds is 5. The molecule has 0 saturated carbocycles. The molecule has 4 rings (SSSR count). The van der Waals surface area contributed by atoms with Crippen LogP contribution in [0, 0.1) is 23.5 Å². The van der Waals surface area contributed by atoms with Crippen molar-refractivity contribution in [1.82, 2.24) is 14.9 Å². The highest BCUT2D eigenvalue weighted by Crippen LogP contribution is 2.27. The number of halogens is 2. The van der Waals surface area contributed by atoms with Gasteiger partial charge in [0.05, 0.1) is 12.3 Å². The molecule has 0 radical (unpaired) electrons. The monoisotopic (exact) mass is 491 g/mol. The van der Waals surface area contributed by atoms with E-state index in [1.807, 2.05) is 0 Å². The van der Waals surface area contributed by atoms with Crippen molar-refractivity contribution >= 4 is 11.9 Å². The van der Waals surface area contributed by atoms with E-state index in [9.17, 15) is 18.4 Å². The average Bonchev–Trinajstić information content (AvgIpc) is 3.18. The van der Waals surface area contributed by atoms with Crippen LogP contribution in [0.3, 0.4) is 0 Å². The maximum Gasteiger partial charge on any atom is 0.357 e. The fraction of sp³-hybridized carbons (Fsp3) is 0.259. The van der Waals surface area contributed by atoms with E-state index < -0.39 is 23.2 Å². The number of esters is 1. The van der Waals surface area contributed by atoms with Gasteiger partial charge in [-0.05, 0) is 43.3 Å². The van der Waals surface area contributed by atoms with Crippen LogP contribution in [0.2, 0.25) is 0 Å². The summed E-state index contributed by atoms with van der Waals surface area (Å²) in [5.41, 5.74) is -0.384. The molecule has 1 atom stereocenters. The number of nitrogens with zero attached hydrogens (tertiary/aromatic N) is 3. The lowest BCUT2D eigenvalue weighted by molar-refractivity contribution is -0.139. The van der Waals surface area contributed by atoms with E-state index in [4.69, 9.17) is 9.47 Å². The van der Waals surface area contributed by atoms with Gasteiger partial charge in [-0.3, -0.25) is 4.79 Å². The highest BCUT2D eigenvalue weighted by Gasteiger charge is 2.44. The zero-order valence-corrected chi connectivity index (χ0v) is 20.0. The molecule has 9 heteroatoms. The molecule has 36 heavy (non-hydrogen) atoms. The number of aromatic nitrogens is 2. The summed E-state index contributed by atoms with van der Waals surface area (Å²) in [6, 6.07) is 11.1. The van der Waals surface area contributed by atoms with Crippen molar-refractivity contribution < 1.29 is 27.8 Å². The Morgan fingerprint density at radius 1 is 1.17 bits per heavy atom. The second kappa shape index (κ2) is 10.2. The third-order valence-corrected chi connectivity index (χ3v) is 5.78. The Kier molecular flexibility index (Phi) is 7.08. The van der Waals surface area contributed by atoms with Crippen LogP contribution in [0.1, 0.15) is 29.4 Å². The van der Waals surface area contributed by atoms with E-state index in [1.54, 1.807) is 43.1 Å². The fourth-order valence-electron chi connectivity index (χ4n) is 3.83. The van der Waals surface area contributed by atoms with Gasteiger partial charge in [-0.25, -0.2) is 23.5 Å². The summed E-state index contributed by atoms with van der Waals surface area (Å²) in [5.74, 6) is 3.74. The van der Waals surface area contributed by atoms with Gasteiger partial charge in [-0.15, -0.1) is 0 Å². The number of amides is 1. The van der Waals surface area contributed by atoms with Crippen LogP contribution < -0.4 is 0 Å². The molecule has 0 bridgehead atoms. The molecule has 1 aromatic heterocycles. The number of carbonyl (C=O) groups is 2. The first-order chi connectivity index (χ1) is 17.3. The van der Waals surface area contributed by atoms with Crippen LogP contribution in [0.5, 0.6) is 0 Å². The summed E-state index contributed by atoms with van der Waals surface area (Å²) in [6.07, 6.45) is 0.443. The van der Waals surface area contributed by atoms with Gasteiger partial charge in [-0.2, -0.15) is 0 Å². The van der Waals surface area contributed by atoms with Crippen molar-refractivity contribution in [3.05, 3.63) is 71.4 Å². The molecule has 3 aromatic rings. The lowest BCUT2D eigenvalue weighted by atomic mass is 10.0. The van der Waals surface area contributed by atoms with Crippen molar-refractivity contribution in [2.24, 2.45) is 0 Å². The number of benzene rings is 2. The van der Waals surface area contributed by atoms with Gasteiger partial charge < -0.3 is 14.4 Å². The standard InChI is InChI=1S/C27H23F2N3O4/c1-4-36-25(33)23-16-22(20-15-19(28)8-9-21(20)29)30-24(31-23)18-7-5-6-17(14-18)10-11-27(35-3)12-13-32(2)26(27)34/h5-9,14-16H,4,12-13H2,1-3H3/t27-/m0/s1. The summed E-state index contributed by atoms with van der Waals surface area (Å²) in [4.78, 5) is 35.2. The molecular weight excluding hydrogens is 468 g/mol. The minimum absolute atomic E-state index is 0.0227. The topological polar surface area (TPSA) is 81.6 Å². The molecule has 0 aliphatic carbocycles. The molecular formula is C27H23F2N3O4. The maximum atomic E-state index is 14.5. The van der Waals surface area contributed by atoms with Crippen molar-refractivity contribution in [1.29, 1.82) is 0 Å². The van der Waals surface area contributed by atoms with E-state index in [-0.39, 0.29) is 35.3 Å². The maximum absolute atomic E-state index is 14.5. The predicted octanol–water partition coefficient (Wildman–Crippen LogP) is 3.86. The number of hydrogen-bond donors (Lipinski definition) is 0. The summed E-state index contributed by atoms with van der Waals surface area (Å²) in [7, 11) is 3.14. The molecule has 1 aliphatic heterocycles. The first kappa shape index (κ1) is 24.9. The van der Waals surface area contributed by atoms with Crippen LogP contribution in [-0.4, -0.2) is 59.7 Å². The van der Waals surface area contributed by atoms with E-state index in [1.165, 1.54) is 13.2 Å². The summed E-state index contributed by atoms with van der Waals surface area (Å²) in [5, 5.41) is 0.